The molecule has 0 spiro atoms. The Morgan fingerprint density at radius 2 is 1.50 bits per heavy atom. The Labute approximate surface area is 57.0 Å². The van der Waals surface area contributed by atoms with Gasteiger partial charge in [-0.3, -0.25) is 0 Å². The van der Waals surface area contributed by atoms with E-state index in [0.29, 0.717) is 0 Å². The Balaban J connectivity index is 0. The second kappa shape index (κ2) is 3.38. The van der Waals surface area contributed by atoms with Crippen molar-refractivity contribution in [3.05, 3.63) is 0 Å². The molecule has 0 aromatic carbocycles. The van der Waals surface area contributed by atoms with Crippen LogP contribution in [0.5, 0.6) is 0 Å². The maximum atomic E-state index is 9.28. The van der Waals surface area contributed by atoms with E-state index in [-0.39, 0.29) is 18.9 Å². The molecule has 0 heterocycles. The molecule has 0 radical (unpaired) electrons. The standard InChI is InChI=1S/Li.HO3P.Rh.H/c;1-4(2)3;;/h;(H-,1,2,3);;/q;;-1;/p+1. The minimum absolute atomic E-state index is 0. The van der Waals surface area contributed by atoms with Crippen molar-refractivity contribution in [2.75, 3.05) is 0 Å². The second-order valence-corrected chi connectivity index (χ2v) is 4.20. The predicted octanol–water partition coefficient (Wildman–Crippen LogP) is -1.02. The van der Waals surface area contributed by atoms with Crippen molar-refractivity contribution in [3.63, 3.8) is 0 Å². The summed E-state index contributed by atoms with van der Waals surface area (Å²) in [6.45, 7) is 0. The third-order valence-electron chi connectivity index (χ3n) is 0. The van der Waals surface area contributed by atoms with Gasteiger partial charge in [0.2, 0.25) is 0 Å². The first-order valence-electron chi connectivity index (χ1n) is 0.732. The molecule has 3 nitrogen and oxygen atoms in total. The van der Waals surface area contributed by atoms with Crippen LogP contribution in [0.3, 0.4) is 0 Å². The maximum absolute atomic E-state index is 9.28. The molecule has 0 fully saturated rings. The monoisotopic (exact) mass is 192 g/mol. The SMILES string of the molecule is O=[P](O)(O)[Rh].[LiH]. The first-order chi connectivity index (χ1) is 2.00. The van der Waals surface area contributed by atoms with Crippen molar-refractivity contribution in [3.8, 4) is 0 Å². The summed E-state index contributed by atoms with van der Waals surface area (Å²) >= 11 is 1.55. The van der Waals surface area contributed by atoms with Crippen LogP contribution in [0.2, 0.25) is 0 Å². The molecule has 2 N–H and O–H groups in total. The van der Waals surface area contributed by atoms with Crippen molar-refractivity contribution in [1.82, 2.24) is 0 Å². The average molecular weight is 192 g/mol. The summed E-state index contributed by atoms with van der Waals surface area (Å²) in [5.41, 5.74) is 0. The third kappa shape index (κ3) is 54.6. The van der Waals surface area contributed by atoms with Crippen LogP contribution >= 0.6 is 5.93 Å². The first kappa shape index (κ1) is 10.4. The molecule has 0 atom stereocenters. The molecule has 0 aliphatic carbocycles. The molecular weight excluding hydrogens is 189 g/mol. The van der Waals surface area contributed by atoms with E-state index < -0.39 is 5.93 Å². The molecule has 0 amide bonds. The predicted molar refractivity (Wildman–Crippen MR) is 19.2 cm³/mol. The van der Waals surface area contributed by atoms with Crippen LogP contribution in [0.1, 0.15) is 0 Å². The van der Waals surface area contributed by atoms with E-state index >= 15 is 0 Å². The zero-order chi connectivity index (χ0) is 4.50. The molecule has 0 aliphatic heterocycles. The molecule has 0 rings (SSSR count). The molecule has 0 saturated heterocycles. The van der Waals surface area contributed by atoms with Gasteiger partial charge in [0.05, 0.1) is 0 Å². The van der Waals surface area contributed by atoms with E-state index in [2.05, 4.69) is 0 Å². The third-order valence-corrected chi connectivity index (χ3v) is 0. The normalized spacial score (nSPS) is 10.0. The first-order valence-corrected chi connectivity index (χ1v) is 4.39. The Bertz CT molecular complexity index is 56.9. The van der Waals surface area contributed by atoms with Gasteiger partial charge < -0.3 is 0 Å². The fourth-order valence-corrected chi connectivity index (χ4v) is 0. The van der Waals surface area contributed by atoms with Gasteiger partial charge in [0, 0.05) is 0 Å². The molecule has 0 aromatic heterocycles. The summed E-state index contributed by atoms with van der Waals surface area (Å²) in [5, 5.41) is 0. The number of rotatable bonds is 0. The van der Waals surface area contributed by atoms with Gasteiger partial charge in [0.25, 0.3) is 0 Å². The van der Waals surface area contributed by atoms with E-state index in [1.807, 2.05) is 0 Å². The Hall–Kier alpha value is 1.37. The summed E-state index contributed by atoms with van der Waals surface area (Å²) in [6, 6.07) is 0. The van der Waals surface area contributed by atoms with Gasteiger partial charge in [0.15, 0.2) is 0 Å². The Morgan fingerprint density at radius 1 is 1.50 bits per heavy atom. The van der Waals surface area contributed by atoms with Gasteiger partial charge in [-0.25, -0.2) is 0 Å². The Kier molecular flexibility index (Phi) is 5.85. The van der Waals surface area contributed by atoms with E-state index in [1.54, 1.807) is 17.8 Å². The molecule has 6 heavy (non-hydrogen) atoms. The topological polar surface area (TPSA) is 57.5 Å². The van der Waals surface area contributed by atoms with E-state index in [9.17, 15) is 4.57 Å². The van der Waals surface area contributed by atoms with Crippen molar-refractivity contribution >= 4 is 24.8 Å². The van der Waals surface area contributed by atoms with Crippen LogP contribution in [-0.4, -0.2) is 28.6 Å². The summed E-state index contributed by atoms with van der Waals surface area (Å²) in [5.74, 6) is -3.75. The molecule has 0 aromatic rings. The molecule has 6 heteroatoms. The van der Waals surface area contributed by atoms with E-state index in [1.165, 1.54) is 0 Å². The van der Waals surface area contributed by atoms with Crippen LogP contribution in [0, 0.1) is 0 Å². The van der Waals surface area contributed by atoms with Crippen LogP contribution in [0.25, 0.3) is 0 Å². The molecule has 0 unspecified atom stereocenters. The van der Waals surface area contributed by atoms with Gasteiger partial charge >= 0.3 is 57.0 Å². The van der Waals surface area contributed by atoms with Crippen LogP contribution < -0.4 is 0 Å². The molecule has 0 aliphatic rings. The summed E-state index contributed by atoms with van der Waals surface area (Å²) in [7, 11) is 0. The molecular formula is H3LiO3PRh. The van der Waals surface area contributed by atoms with Crippen LogP contribution in [0.15, 0.2) is 0 Å². The van der Waals surface area contributed by atoms with Gasteiger partial charge in [-0.1, -0.05) is 0 Å². The fraction of sp³-hybridized carbons (Fsp3) is 0. The van der Waals surface area contributed by atoms with Crippen LogP contribution in [-0.2, 0) is 22.4 Å². The summed E-state index contributed by atoms with van der Waals surface area (Å²) in [4.78, 5) is 15.2. The number of hydrogen-bond donors (Lipinski definition) is 2. The van der Waals surface area contributed by atoms with Crippen LogP contribution in [0.4, 0.5) is 0 Å². The summed E-state index contributed by atoms with van der Waals surface area (Å²) < 4.78 is 9.28. The number of hydrogen-bond acceptors (Lipinski definition) is 1. The van der Waals surface area contributed by atoms with Gasteiger partial charge in [0.1, 0.15) is 0 Å². The van der Waals surface area contributed by atoms with Crippen molar-refractivity contribution in [1.29, 1.82) is 0 Å². The fourth-order valence-electron chi connectivity index (χ4n) is 0. The zero-order valence-corrected chi connectivity index (χ0v) is 4.62. The quantitative estimate of drug-likeness (QED) is 0.381. The van der Waals surface area contributed by atoms with Crippen molar-refractivity contribution < 1.29 is 32.2 Å². The zero-order valence-electron chi connectivity index (χ0n) is 2.08. The Morgan fingerprint density at radius 3 is 1.50 bits per heavy atom. The summed E-state index contributed by atoms with van der Waals surface area (Å²) in [6.07, 6.45) is 0. The second-order valence-electron chi connectivity index (χ2n) is 0.447. The van der Waals surface area contributed by atoms with Crippen molar-refractivity contribution in [2.24, 2.45) is 0 Å². The van der Waals surface area contributed by atoms with Gasteiger partial charge in [-0.2, -0.15) is 0 Å². The van der Waals surface area contributed by atoms with Crippen molar-refractivity contribution in [2.45, 2.75) is 0 Å². The molecule has 0 saturated carbocycles. The minimum atomic E-state index is -3.75. The van der Waals surface area contributed by atoms with Gasteiger partial charge in [-0.15, -0.1) is 0 Å². The van der Waals surface area contributed by atoms with Gasteiger partial charge in [-0.05, 0) is 0 Å². The molecule has 36 valence electrons. The van der Waals surface area contributed by atoms with E-state index in [0.717, 1.165) is 0 Å². The van der Waals surface area contributed by atoms with E-state index in [4.69, 9.17) is 9.79 Å². The molecule has 0 bridgehead atoms. The average Bonchev–Trinajstić information content (AvgIpc) is 0.722.